The van der Waals surface area contributed by atoms with Crippen molar-refractivity contribution in [2.24, 2.45) is 5.92 Å². The predicted octanol–water partition coefficient (Wildman–Crippen LogP) is 0.817. The third kappa shape index (κ3) is 2.30. The van der Waals surface area contributed by atoms with Gasteiger partial charge in [-0.3, -0.25) is 4.68 Å². The van der Waals surface area contributed by atoms with Gasteiger partial charge in [0, 0.05) is 6.54 Å². The van der Waals surface area contributed by atoms with Crippen molar-refractivity contribution in [1.82, 2.24) is 15.0 Å². The lowest BCUT2D eigenvalue weighted by molar-refractivity contribution is 0.276. The summed E-state index contributed by atoms with van der Waals surface area (Å²) in [5.41, 5.74) is 0.637. The van der Waals surface area contributed by atoms with Crippen LogP contribution in [0, 0.1) is 5.92 Å². The number of aromatic nitrogens is 3. The van der Waals surface area contributed by atoms with Crippen molar-refractivity contribution in [3.8, 4) is 0 Å². The van der Waals surface area contributed by atoms with Crippen molar-refractivity contribution in [1.29, 1.82) is 0 Å². The summed E-state index contributed by atoms with van der Waals surface area (Å²) >= 11 is 0. The molecule has 1 unspecified atom stereocenters. The predicted molar refractivity (Wildman–Crippen MR) is 45.4 cm³/mol. The van der Waals surface area contributed by atoms with Crippen LogP contribution in [0.4, 0.5) is 0 Å². The van der Waals surface area contributed by atoms with Gasteiger partial charge < -0.3 is 5.11 Å². The van der Waals surface area contributed by atoms with E-state index in [1.165, 1.54) is 0 Å². The standard InChI is InChI=1S/C8H15N3O/c1-3-7(2)4-11-5-8(6-12)9-10-11/h5,7,12H,3-4,6H2,1-2H3. The highest BCUT2D eigenvalue weighted by Gasteiger charge is 2.02. The maximum absolute atomic E-state index is 8.73. The first-order valence-electron chi connectivity index (χ1n) is 4.26. The summed E-state index contributed by atoms with van der Waals surface area (Å²) in [4.78, 5) is 0. The molecular formula is C8H15N3O. The number of hydrogen-bond acceptors (Lipinski definition) is 3. The largest absolute Gasteiger partial charge is 0.390 e. The smallest absolute Gasteiger partial charge is 0.108 e. The van der Waals surface area contributed by atoms with Gasteiger partial charge in [0.05, 0.1) is 12.8 Å². The lowest BCUT2D eigenvalue weighted by Crippen LogP contribution is -2.07. The number of aliphatic hydroxyl groups is 1. The minimum absolute atomic E-state index is 0.0273. The van der Waals surface area contributed by atoms with E-state index in [-0.39, 0.29) is 6.61 Å². The highest BCUT2D eigenvalue weighted by atomic mass is 16.3. The molecule has 1 aromatic heterocycles. The van der Waals surface area contributed by atoms with Gasteiger partial charge in [-0.25, -0.2) is 0 Å². The van der Waals surface area contributed by atoms with Gasteiger partial charge in [-0.2, -0.15) is 0 Å². The van der Waals surface area contributed by atoms with E-state index in [1.54, 1.807) is 10.9 Å². The maximum atomic E-state index is 8.73. The number of rotatable bonds is 4. The van der Waals surface area contributed by atoms with Crippen LogP contribution in [0.3, 0.4) is 0 Å². The van der Waals surface area contributed by atoms with E-state index < -0.39 is 0 Å². The first-order valence-corrected chi connectivity index (χ1v) is 4.26. The molecule has 0 fully saturated rings. The highest BCUT2D eigenvalue weighted by Crippen LogP contribution is 2.03. The molecule has 0 amide bonds. The minimum Gasteiger partial charge on any atom is -0.390 e. The van der Waals surface area contributed by atoms with Gasteiger partial charge in [0.2, 0.25) is 0 Å². The van der Waals surface area contributed by atoms with Crippen LogP contribution in [0.15, 0.2) is 6.20 Å². The zero-order valence-electron chi connectivity index (χ0n) is 7.56. The summed E-state index contributed by atoms with van der Waals surface area (Å²) in [6, 6.07) is 0. The van der Waals surface area contributed by atoms with Crippen molar-refractivity contribution >= 4 is 0 Å². The summed E-state index contributed by atoms with van der Waals surface area (Å²) in [5, 5.41) is 16.4. The second-order valence-corrected chi connectivity index (χ2v) is 3.10. The van der Waals surface area contributed by atoms with Crippen molar-refractivity contribution in [3.05, 3.63) is 11.9 Å². The molecule has 1 N–H and O–H groups in total. The molecule has 0 spiro atoms. The lowest BCUT2D eigenvalue weighted by atomic mass is 10.1. The van der Waals surface area contributed by atoms with Crippen LogP contribution in [0.2, 0.25) is 0 Å². The summed E-state index contributed by atoms with van der Waals surface area (Å²) in [7, 11) is 0. The second-order valence-electron chi connectivity index (χ2n) is 3.10. The monoisotopic (exact) mass is 169 g/mol. The molecule has 4 heteroatoms. The van der Waals surface area contributed by atoms with E-state index in [2.05, 4.69) is 24.2 Å². The lowest BCUT2D eigenvalue weighted by Gasteiger charge is -2.06. The van der Waals surface area contributed by atoms with E-state index in [0.29, 0.717) is 11.6 Å². The highest BCUT2D eigenvalue weighted by molar-refractivity contribution is 4.88. The average molecular weight is 169 g/mol. The fourth-order valence-electron chi connectivity index (χ4n) is 0.949. The Balaban J connectivity index is 2.52. The fourth-order valence-corrected chi connectivity index (χ4v) is 0.949. The van der Waals surface area contributed by atoms with Crippen LogP contribution in [-0.2, 0) is 13.2 Å². The van der Waals surface area contributed by atoms with Crippen molar-refractivity contribution < 1.29 is 5.11 Å². The first kappa shape index (κ1) is 9.19. The van der Waals surface area contributed by atoms with Gasteiger partial charge in [-0.15, -0.1) is 5.10 Å². The molecule has 1 heterocycles. The average Bonchev–Trinajstić information content (AvgIpc) is 2.52. The molecule has 0 aliphatic heterocycles. The topological polar surface area (TPSA) is 50.9 Å². The van der Waals surface area contributed by atoms with Crippen molar-refractivity contribution in [2.75, 3.05) is 0 Å². The van der Waals surface area contributed by atoms with Crippen LogP contribution in [0.5, 0.6) is 0 Å². The van der Waals surface area contributed by atoms with E-state index in [1.807, 2.05) is 0 Å². The summed E-state index contributed by atoms with van der Waals surface area (Å²) < 4.78 is 1.78. The van der Waals surface area contributed by atoms with Crippen LogP contribution >= 0.6 is 0 Å². The third-order valence-electron chi connectivity index (χ3n) is 1.94. The Hall–Kier alpha value is -0.900. The molecule has 0 aliphatic rings. The van der Waals surface area contributed by atoms with Gasteiger partial charge in [-0.1, -0.05) is 25.5 Å². The molecule has 0 aromatic carbocycles. The Morgan fingerprint density at radius 3 is 2.92 bits per heavy atom. The van der Waals surface area contributed by atoms with E-state index >= 15 is 0 Å². The Morgan fingerprint density at radius 1 is 1.67 bits per heavy atom. The van der Waals surface area contributed by atoms with Gasteiger partial charge in [0.15, 0.2) is 0 Å². The van der Waals surface area contributed by atoms with Crippen molar-refractivity contribution in [2.45, 2.75) is 33.4 Å². The molecule has 1 atom stereocenters. The second kappa shape index (κ2) is 4.21. The van der Waals surface area contributed by atoms with Crippen LogP contribution in [0.25, 0.3) is 0 Å². The summed E-state index contributed by atoms with van der Waals surface area (Å²) in [6.45, 7) is 5.17. The Labute approximate surface area is 72.2 Å². The molecule has 0 saturated carbocycles. The van der Waals surface area contributed by atoms with Gasteiger partial charge in [0.25, 0.3) is 0 Å². The van der Waals surface area contributed by atoms with Crippen molar-refractivity contribution in [3.63, 3.8) is 0 Å². The summed E-state index contributed by atoms with van der Waals surface area (Å²) in [5.74, 6) is 0.609. The van der Waals surface area contributed by atoms with Gasteiger partial charge in [0.1, 0.15) is 5.69 Å². The molecule has 4 nitrogen and oxygen atoms in total. The Kier molecular flexibility index (Phi) is 3.22. The zero-order valence-corrected chi connectivity index (χ0v) is 7.56. The molecule has 0 aliphatic carbocycles. The van der Waals surface area contributed by atoms with E-state index in [0.717, 1.165) is 13.0 Å². The number of aliphatic hydroxyl groups excluding tert-OH is 1. The zero-order chi connectivity index (χ0) is 8.97. The fraction of sp³-hybridized carbons (Fsp3) is 0.750. The first-order chi connectivity index (χ1) is 5.76. The summed E-state index contributed by atoms with van der Waals surface area (Å²) in [6.07, 6.45) is 2.92. The van der Waals surface area contributed by atoms with E-state index in [4.69, 9.17) is 5.11 Å². The van der Waals surface area contributed by atoms with Crippen LogP contribution in [0.1, 0.15) is 26.0 Å². The number of hydrogen-bond donors (Lipinski definition) is 1. The van der Waals surface area contributed by atoms with Gasteiger partial charge >= 0.3 is 0 Å². The Morgan fingerprint density at radius 2 is 2.42 bits per heavy atom. The molecular weight excluding hydrogens is 154 g/mol. The molecule has 0 radical (unpaired) electrons. The quantitative estimate of drug-likeness (QED) is 0.725. The minimum atomic E-state index is -0.0273. The van der Waals surface area contributed by atoms with E-state index in [9.17, 15) is 0 Å². The molecule has 0 bridgehead atoms. The normalized spacial score (nSPS) is 13.2. The third-order valence-corrected chi connectivity index (χ3v) is 1.94. The molecule has 68 valence electrons. The SMILES string of the molecule is CCC(C)Cn1cc(CO)nn1. The molecule has 0 saturated heterocycles. The molecule has 1 aromatic rings. The van der Waals surface area contributed by atoms with Crippen LogP contribution < -0.4 is 0 Å². The molecule has 1 rings (SSSR count). The van der Waals surface area contributed by atoms with Crippen LogP contribution in [-0.4, -0.2) is 20.1 Å². The molecule has 12 heavy (non-hydrogen) atoms. The number of nitrogens with zero attached hydrogens (tertiary/aromatic N) is 3. The van der Waals surface area contributed by atoms with Gasteiger partial charge in [-0.05, 0) is 5.92 Å². The Bertz CT molecular complexity index is 234. The maximum Gasteiger partial charge on any atom is 0.108 e.